The van der Waals surface area contributed by atoms with Crippen LogP contribution >= 0.6 is 7.82 Å². The molecular formula is C51H97O14P. The van der Waals surface area contributed by atoms with Crippen LogP contribution in [0.1, 0.15) is 245 Å². The molecule has 1 unspecified atom stereocenters. The van der Waals surface area contributed by atoms with Gasteiger partial charge in [0.25, 0.3) is 0 Å². The number of unbranched alkanes of at least 4 members (excludes halogenated alkanes) is 28. The van der Waals surface area contributed by atoms with Gasteiger partial charge in [-0.1, -0.05) is 206 Å². The molecule has 2 aliphatic rings. The molecule has 0 radical (unpaired) electrons. The molecule has 1 aliphatic carbocycles. The van der Waals surface area contributed by atoms with Gasteiger partial charge in [0.2, 0.25) is 0 Å². The van der Waals surface area contributed by atoms with Crippen molar-refractivity contribution in [3.63, 3.8) is 0 Å². The molecule has 0 amide bonds. The molecule has 1 saturated carbocycles. The average Bonchev–Trinajstić information content (AvgIpc) is 3.30. The van der Waals surface area contributed by atoms with E-state index in [2.05, 4.69) is 13.8 Å². The van der Waals surface area contributed by atoms with Crippen LogP contribution in [0.15, 0.2) is 0 Å². The van der Waals surface area contributed by atoms with E-state index in [4.69, 9.17) is 28.0 Å². The van der Waals surface area contributed by atoms with Crippen molar-refractivity contribution < 1.29 is 67.5 Å². The zero-order valence-electron chi connectivity index (χ0n) is 41.6. The van der Waals surface area contributed by atoms with E-state index in [9.17, 15) is 39.5 Å². The molecule has 1 saturated heterocycles. The molecule has 0 aromatic heterocycles. The third-order valence-corrected chi connectivity index (χ3v) is 14.2. The highest BCUT2D eigenvalue weighted by molar-refractivity contribution is 7.47. The third kappa shape index (κ3) is 29.8. The third-order valence-electron chi connectivity index (χ3n) is 13.2. The zero-order valence-corrected chi connectivity index (χ0v) is 42.4. The number of rotatable bonds is 43. The number of carbonyl (C=O) groups is 2. The molecular weight excluding hydrogens is 868 g/mol. The standard InChI is InChI=1S/C51H97O14P/c1-3-5-7-9-11-13-15-17-19-21-23-25-27-29-31-37-46(53)60-40-42(62-47(54)38-32-30-28-26-24-22-20-18-16-14-12-10-8-6-4-2)41-61-66(58,59)65-44-36-34-33-35-43(44)63-51-50(57)49(56)48(55)45(39-52)64-51/h42-45,48-52,55-57H,3-41H2,1-2H3,(H,58,59)/t42-,43-,44-,45-,48-,49-,50+,51+/m1/s1. The Morgan fingerprint density at radius 1 is 0.561 bits per heavy atom. The van der Waals surface area contributed by atoms with Crippen molar-refractivity contribution in [2.24, 2.45) is 0 Å². The fraction of sp³-hybridized carbons (Fsp3) is 0.961. The highest BCUT2D eigenvalue weighted by atomic mass is 31.2. The molecule has 390 valence electrons. The topological polar surface area (TPSA) is 208 Å². The van der Waals surface area contributed by atoms with Crippen molar-refractivity contribution in [2.75, 3.05) is 19.8 Å². The minimum Gasteiger partial charge on any atom is -0.462 e. The number of ether oxygens (including phenoxy) is 4. The van der Waals surface area contributed by atoms with E-state index in [-0.39, 0.29) is 19.4 Å². The van der Waals surface area contributed by atoms with E-state index in [1.165, 1.54) is 141 Å². The number of esters is 2. The second-order valence-electron chi connectivity index (χ2n) is 19.3. The van der Waals surface area contributed by atoms with Gasteiger partial charge in [-0.05, 0) is 25.7 Å². The van der Waals surface area contributed by atoms with Crippen LogP contribution in [-0.4, -0.2) is 106 Å². The van der Waals surface area contributed by atoms with Crippen LogP contribution in [0.5, 0.6) is 0 Å². The number of aliphatic hydroxyl groups is 4. The Morgan fingerprint density at radius 3 is 1.41 bits per heavy atom. The van der Waals surface area contributed by atoms with Gasteiger partial charge in [0, 0.05) is 12.8 Å². The van der Waals surface area contributed by atoms with Gasteiger partial charge in [-0.2, -0.15) is 0 Å². The Hall–Kier alpha value is -1.19. The first-order valence-electron chi connectivity index (χ1n) is 27.0. The molecule has 14 nitrogen and oxygen atoms in total. The molecule has 66 heavy (non-hydrogen) atoms. The Kier molecular flexibility index (Phi) is 36.5. The van der Waals surface area contributed by atoms with Crippen LogP contribution in [0.4, 0.5) is 0 Å². The number of carbonyl (C=O) groups excluding carboxylic acids is 2. The van der Waals surface area contributed by atoms with Crippen molar-refractivity contribution >= 4 is 19.8 Å². The normalized spacial score (nSPS) is 23.7. The Balaban J connectivity index is 1.78. The Bertz CT molecular complexity index is 1220. The largest absolute Gasteiger partial charge is 0.472 e. The summed E-state index contributed by atoms with van der Waals surface area (Å²) < 4.78 is 46.8. The van der Waals surface area contributed by atoms with Gasteiger partial charge in [0.05, 0.1) is 25.4 Å². The first kappa shape index (κ1) is 60.9. The molecule has 15 heteroatoms. The summed E-state index contributed by atoms with van der Waals surface area (Å²) in [4.78, 5) is 36.5. The molecule has 0 bridgehead atoms. The monoisotopic (exact) mass is 965 g/mol. The molecule has 0 aromatic carbocycles. The van der Waals surface area contributed by atoms with E-state index >= 15 is 0 Å². The van der Waals surface area contributed by atoms with Gasteiger partial charge in [0.15, 0.2) is 12.4 Å². The molecule has 2 fully saturated rings. The number of phosphoric acid groups is 1. The molecule has 1 heterocycles. The van der Waals surface area contributed by atoms with E-state index < -0.39 is 82.0 Å². The predicted octanol–water partition coefficient (Wildman–Crippen LogP) is 11.2. The number of hydrogen-bond donors (Lipinski definition) is 5. The van der Waals surface area contributed by atoms with Gasteiger partial charge in [-0.3, -0.25) is 18.6 Å². The van der Waals surface area contributed by atoms with Crippen LogP contribution in [0.2, 0.25) is 0 Å². The minimum atomic E-state index is -4.80. The smallest absolute Gasteiger partial charge is 0.462 e. The first-order chi connectivity index (χ1) is 32.0. The number of phosphoric ester groups is 1. The summed E-state index contributed by atoms with van der Waals surface area (Å²) in [5, 5.41) is 40.5. The van der Waals surface area contributed by atoms with Crippen molar-refractivity contribution in [1.29, 1.82) is 0 Å². The lowest BCUT2D eigenvalue weighted by molar-refractivity contribution is -0.318. The summed E-state index contributed by atoms with van der Waals surface area (Å²) in [6.07, 6.45) is 28.3. The van der Waals surface area contributed by atoms with Gasteiger partial charge in [0.1, 0.15) is 31.0 Å². The zero-order chi connectivity index (χ0) is 48.1. The SMILES string of the molecule is CCCCCCCCCCCCCCCCCC(=O)OC[C@H](COP(=O)(O)O[C@@H]1CCCC[C@H]1O[C@H]1O[C@H](CO)[C@@H](O)[C@@H](O)[C@@H]1O)OC(=O)CCCCCCCCCCCCCCCCC. The Morgan fingerprint density at radius 2 is 0.970 bits per heavy atom. The molecule has 1 aliphatic heterocycles. The fourth-order valence-corrected chi connectivity index (χ4v) is 9.97. The average molecular weight is 965 g/mol. The first-order valence-corrected chi connectivity index (χ1v) is 28.5. The van der Waals surface area contributed by atoms with Crippen LogP contribution in [0, 0.1) is 0 Å². The maximum atomic E-state index is 13.3. The Labute approximate surface area is 399 Å². The van der Waals surface area contributed by atoms with Crippen molar-refractivity contribution in [2.45, 2.75) is 294 Å². The number of hydrogen-bond acceptors (Lipinski definition) is 13. The molecule has 2 rings (SSSR count). The fourth-order valence-electron chi connectivity index (χ4n) is 8.97. The molecule has 9 atom stereocenters. The van der Waals surface area contributed by atoms with Crippen LogP contribution in [-0.2, 0) is 42.1 Å². The maximum absolute atomic E-state index is 13.3. The maximum Gasteiger partial charge on any atom is 0.472 e. The van der Waals surface area contributed by atoms with Crippen molar-refractivity contribution in [3.8, 4) is 0 Å². The van der Waals surface area contributed by atoms with E-state index in [0.29, 0.717) is 38.5 Å². The lowest BCUT2D eigenvalue weighted by Gasteiger charge is -2.42. The summed E-state index contributed by atoms with van der Waals surface area (Å²) in [5.41, 5.74) is 0. The summed E-state index contributed by atoms with van der Waals surface area (Å²) >= 11 is 0. The molecule has 5 N–H and O–H groups in total. The van der Waals surface area contributed by atoms with Crippen molar-refractivity contribution in [1.82, 2.24) is 0 Å². The van der Waals surface area contributed by atoms with Crippen LogP contribution in [0.3, 0.4) is 0 Å². The minimum absolute atomic E-state index is 0.161. The molecule has 0 spiro atoms. The summed E-state index contributed by atoms with van der Waals surface area (Å²) in [7, 11) is -4.80. The van der Waals surface area contributed by atoms with Gasteiger partial charge < -0.3 is 44.3 Å². The number of aliphatic hydroxyl groups excluding tert-OH is 4. The summed E-state index contributed by atoms with van der Waals surface area (Å²) in [6.45, 7) is 2.97. The van der Waals surface area contributed by atoms with Crippen molar-refractivity contribution in [3.05, 3.63) is 0 Å². The van der Waals surface area contributed by atoms with E-state index in [1.54, 1.807) is 0 Å². The second-order valence-corrected chi connectivity index (χ2v) is 20.7. The highest BCUT2D eigenvalue weighted by Gasteiger charge is 2.46. The van der Waals surface area contributed by atoms with Crippen LogP contribution < -0.4 is 0 Å². The van der Waals surface area contributed by atoms with Crippen LogP contribution in [0.25, 0.3) is 0 Å². The second kappa shape index (κ2) is 39.5. The van der Waals surface area contributed by atoms with Gasteiger partial charge >= 0.3 is 19.8 Å². The molecule has 0 aromatic rings. The predicted molar refractivity (Wildman–Crippen MR) is 258 cm³/mol. The van der Waals surface area contributed by atoms with Gasteiger partial charge in [-0.15, -0.1) is 0 Å². The van der Waals surface area contributed by atoms with E-state index in [0.717, 1.165) is 38.5 Å². The summed E-state index contributed by atoms with van der Waals surface area (Å²) in [6, 6.07) is 0. The lowest BCUT2D eigenvalue weighted by atomic mass is 9.94. The lowest BCUT2D eigenvalue weighted by Crippen LogP contribution is -2.60. The highest BCUT2D eigenvalue weighted by Crippen LogP contribution is 2.47. The summed E-state index contributed by atoms with van der Waals surface area (Å²) in [5.74, 6) is -0.947. The van der Waals surface area contributed by atoms with E-state index in [1.807, 2.05) is 0 Å². The van der Waals surface area contributed by atoms with Gasteiger partial charge in [-0.25, -0.2) is 4.57 Å². The quantitative estimate of drug-likeness (QED) is 0.0219.